The number of Topliss-reactive ketones (excluding diaryl/α,β-unsaturated/α-hetero) is 1. The molecule has 4 rings (SSSR count). The number of rotatable bonds is 5. The van der Waals surface area contributed by atoms with Crippen molar-refractivity contribution in [1.82, 2.24) is 4.90 Å². The fourth-order valence-corrected chi connectivity index (χ4v) is 3.78. The third kappa shape index (κ3) is 4.91. The minimum Gasteiger partial charge on any atom is -0.457 e. The molecule has 31 heavy (non-hydrogen) atoms. The van der Waals surface area contributed by atoms with Crippen LogP contribution in [-0.4, -0.2) is 48.3 Å². The molecule has 0 bridgehead atoms. The van der Waals surface area contributed by atoms with Crippen molar-refractivity contribution in [3.63, 3.8) is 0 Å². The molecule has 160 valence electrons. The summed E-state index contributed by atoms with van der Waals surface area (Å²) in [7, 11) is 0. The molecule has 2 aromatic carbocycles. The average Bonchev–Trinajstić information content (AvgIpc) is 3.17. The number of urea groups is 1. The molecule has 2 heterocycles. The average molecular weight is 421 g/mol. The Labute approximate surface area is 179 Å². The lowest BCUT2D eigenvalue weighted by Crippen LogP contribution is -2.42. The molecule has 0 atom stereocenters. The number of hydrogen-bond donors (Lipinski definition) is 2. The van der Waals surface area contributed by atoms with E-state index in [4.69, 9.17) is 4.74 Å². The Morgan fingerprint density at radius 3 is 2.55 bits per heavy atom. The van der Waals surface area contributed by atoms with Gasteiger partial charge in [-0.05, 0) is 48.7 Å². The fourth-order valence-electron chi connectivity index (χ4n) is 3.78. The van der Waals surface area contributed by atoms with E-state index in [0.29, 0.717) is 37.2 Å². The van der Waals surface area contributed by atoms with Gasteiger partial charge in [0.05, 0.1) is 12.3 Å². The van der Waals surface area contributed by atoms with Gasteiger partial charge in [-0.15, -0.1) is 0 Å². The summed E-state index contributed by atoms with van der Waals surface area (Å²) < 4.78 is 5.24. The van der Waals surface area contributed by atoms with Gasteiger partial charge in [-0.2, -0.15) is 0 Å². The van der Waals surface area contributed by atoms with Gasteiger partial charge in [0.2, 0.25) is 5.91 Å². The Bertz CT molecular complexity index is 1010. The Balaban J connectivity index is 1.23. The predicted octanol–water partition coefficient (Wildman–Crippen LogP) is 2.85. The highest BCUT2D eigenvalue weighted by molar-refractivity contribution is 6.03. The number of amides is 3. The van der Waals surface area contributed by atoms with Gasteiger partial charge in [0.25, 0.3) is 0 Å². The van der Waals surface area contributed by atoms with Gasteiger partial charge in [-0.3, -0.25) is 14.4 Å². The molecule has 8 nitrogen and oxygen atoms in total. The summed E-state index contributed by atoms with van der Waals surface area (Å²) in [6.07, 6.45) is 1.22. The first kappa shape index (κ1) is 20.6. The summed E-state index contributed by atoms with van der Waals surface area (Å²) in [6, 6.07) is 14.0. The van der Waals surface area contributed by atoms with E-state index in [1.165, 1.54) is 0 Å². The molecule has 0 saturated carbocycles. The second-order valence-electron chi connectivity index (χ2n) is 7.69. The highest BCUT2D eigenvalue weighted by Crippen LogP contribution is 2.24. The second-order valence-corrected chi connectivity index (χ2v) is 7.69. The number of benzene rings is 2. The Kier molecular flexibility index (Phi) is 5.97. The van der Waals surface area contributed by atoms with Crippen LogP contribution < -0.4 is 10.6 Å². The van der Waals surface area contributed by atoms with Crippen molar-refractivity contribution in [2.75, 3.05) is 30.3 Å². The first-order valence-corrected chi connectivity index (χ1v) is 10.2. The summed E-state index contributed by atoms with van der Waals surface area (Å²) in [4.78, 5) is 50.2. The maximum atomic E-state index is 12.4. The summed E-state index contributed by atoms with van der Waals surface area (Å²) in [5, 5.41) is 5.55. The topological polar surface area (TPSA) is 105 Å². The van der Waals surface area contributed by atoms with E-state index >= 15 is 0 Å². The van der Waals surface area contributed by atoms with E-state index in [2.05, 4.69) is 10.6 Å². The minimum atomic E-state index is -0.422. The zero-order valence-corrected chi connectivity index (χ0v) is 16.9. The number of anilines is 2. The molecule has 3 amide bonds. The lowest BCUT2D eigenvalue weighted by atomic mass is 9.97. The molecule has 1 saturated heterocycles. The van der Waals surface area contributed by atoms with Crippen LogP contribution in [0.25, 0.3) is 0 Å². The van der Waals surface area contributed by atoms with Crippen molar-refractivity contribution in [2.24, 2.45) is 5.92 Å². The lowest BCUT2D eigenvalue weighted by molar-refractivity contribution is -0.148. The molecule has 0 spiro atoms. The normalized spacial score (nSPS) is 15.7. The van der Waals surface area contributed by atoms with Crippen molar-refractivity contribution in [2.45, 2.75) is 19.3 Å². The summed E-state index contributed by atoms with van der Waals surface area (Å²) in [5.41, 5.74) is 2.61. The molecule has 2 N–H and O–H groups in total. The van der Waals surface area contributed by atoms with Crippen LogP contribution in [0.5, 0.6) is 0 Å². The smallest absolute Gasteiger partial charge is 0.321 e. The van der Waals surface area contributed by atoms with E-state index in [0.717, 1.165) is 11.3 Å². The zero-order chi connectivity index (χ0) is 21.8. The Morgan fingerprint density at radius 2 is 1.81 bits per heavy atom. The van der Waals surface area contributed by atoms with Crippen LogP contribution in [0.15, 0.2) is 48.5 Å². The van der Waals surface area contributed by atoms with Crippen molar-refractivity contribution < 1.29 is 23.9 Å². The summed E-state index contributed by atoms with van der Waals surface area (Å²) in [5.74, 6) is -1.17. The van der Waals surface area contributed by atoms with E-state index < -0.39 is 5.97 Å². The first-order valence-electron chi connectivity index (χ1n) is 10.2. The van der Waals surface area contributed by atoms with Gasteiger partial charge in [-0.25, -0.2) is 4.79 Å². The third-order valence-corrected chi connectivity index (χ3v) is 5.54. The molecule has 8 heteroatoms. The molecule has 1 fully saturated rings. The Morgan fingerprint density at radius 1 is 1.06 bits per heavy atom. The Hall–Kier alpha value is -3.68. The summed E-state index contributed by atoms with van der Waals surface area (Å²) >= 11 is 0. The molecule has 2 aromatic rings. The summed E-state index contributed by atoms with van der Waals surface area (Å²) in [6.45, 7) is 0.546. The maximum absolute atomic E-state index is 12.4. The number of nitrogens with one attached hydrogen (secondary N) is 2. The van der Waals surface area contributed by atoms with E-state index in [1.54, 1.807) is 23.1 Å². The highest BCUT2D eigenvalue weighted by Gasteiger charge is 2.29. The number of carbonyl (C=O) groups excluding carboxylic acids is 4. The largest absolute Gasteiger partial charge is 0.457 e. The van der Waals surface area contributed by atoms with Gasteiger partial charge in [-0.1, -0.05) is 18.2 Å². The van der Waals surface area contributed by atoms with Crippen LogP contribution in [0.2, 0.25) is 0 Å². The molecule has 0 unspecified atom stereocenters. The van der Waals surface area contributed by atoms with Crippen LogP contribution in [0, 0.1) is 5.92 Å². The molecule has 2 aliphatic rings. The predicted molar refractivity (Wildman–Crippen MR) is 114 cm³/mol. The van der Waals surface area contributed by atoms with Crippen molar-refractivity contribution in [3.05, 3.63) is 59.7 Å². The number of para-hydroxylation sites is 1. The number of likely N-dealkylation sites (tertiary alicyclic amines) is 1. The quantitative estimate of drug-likeness (QED) is 0.571. The molecule has 0 radical (unpaired) electrons. The van der Waals surface area contributed by atoms with Crippen LogP contribution in [0.3, 0.4) is 0 Å². The number of ketones is 1. The van der Waals surface area contributed by atoms with Crippen molar-refractivity contribution >= 4 is 35.1 Å². The number of hydrogen-bond acceptors (Lipinski definition) is 5. The number of piperidine rings is 1. The van der Waals surface area contributed by atoms with Crippen LogP contribution >= 0.6 is 0 Å². The van der Waals surface area contributed by atoms with Crippen LogP contribution in [0.4, 0.5) is 16.2 Å². The molecule has 2 aliphatic heterocycles. The lowest BCUT2D eigenvalue weighted by Gasteiger charge is -2.30. The number of ether oxygens (including phenoxy) is 1. The highest BCUT2D eigenvalue weighted by atomic mass is 16.5. The molecule has 0 aliphatic carbocycles. The number of nitrogens with zero attached hydrogens (tertiary/aromatic N) is 1. The van der Waals surface area contributed by atoms with Crippen molar-refractivity contribution in [1.29, 1.82) is 0 Å². The van der Waals surface area contributed by atoms with Gasteiger partial charge in [0.1, 0.15) is 0 Å². The minimum absolute atomic E-state index is 0.102. The van der Waals surface area contributed by atoms with Crippen LogP contribution in [0.1, 0.15) is 28.8 Å². The van der Waals surface area contributed by atoms with Gasteiger partial charge >= 0.3 is 12.0 Å². The van der Waals surface area contributed by atoms with E-state index in [9.17, 15) is 19.2 Å². The van der Waals surface area contributed by atoms with E-state index in [-0.39, 0.29) is 36.7 Å². The number of fused-ring (bicyclic) bond motifs is 1. The molecule has 0 aromatic heterocycles. The van der Waals surface area contributed by atoms with Crippen LogP contribution in [-0.2, 0) is 20.7 Å². The SMILES string of the molecule is O=C1Cc2cc(C(=O)COC(=O)C3CCN(C(=O)Nc4ccccc4)CC3)ccc2N1. The molecular formula is C23H23N3O5. The maximum Gasteiger partial charge on any atom is 0.321 e. The van der Waals surface area contributed by atoms with Gasteiger partial charge < -0.3 is 20.3 Å². The van der Waals surface area contributed by atoms with Gasteiger partial charge in [0, 0.05) is 30.0 Å². The van der Waals surface area contributed by atoms with Gasteiger partial charge in [0.15, 0.2) is 12.4 Å². The molecular weight excluding hydrogens is 398 g/mol. The van der Waals surface area contributed by atoms with E-state index in [1.807, 2.05) is 30.3 Å². The first-order chi connectivity index (χ1) is 15.0. The fraction of sp³-hybridized carbons (Fsp3) is 0.304. The number of esters is 1. The number of carbonyl (C=O) groups is 4. The third-order valence-electron chi connectivity index (χ3n) is 5.54. The zero-order valence-electron chi connectivity index (χ0n) is 16.9. The monoisotopic (exact) mass is 421 g/mol. The second kappa shape index (κ2) is 8.99. The van der Waals surface area contributed by atoms with Crippen molar-refractivity contribution in [3.8, 4) is 0 Å². The standard InChI is InChI=1S/C23H23N3O5/c27-20(16-6-7-19-17(12-16)13-21(28)25-19)14-31-22(29)15-8-10-26(11-9-15)23(30)24-18-4-2-1-3-5-18/h1-7,12,15H,8-11,13-14H2,(H,24,30)(H,25,28).